The van der Waals surface area contributed by atoms with Crippen LogP contribution in [0.5, 0.6) is 0 Å². The monoisotopic (exact) mass is 394 g/mol. The van der Waals surface area contributed by atoms with Crippen LogP contribution in [-0.2, 0) is 25.6 Å². The molecule has 3 N–H and O–H groups in total. The molecule has 0 fully saturated rings. The number of esters is 2. The summed E-state index contributed by atoms with van der Waals surface area (Å²) in [4.78, 5) is 42.8. The molecule has 11 heteroatoms. The number of nitrogen functional groups attached to an aromatic ring is 1. The molecule has 1 amide bonds. The molecule has 27 heavy (non-hydrogen) atoms. The van der Waals surface area contributed by atoms with E-state index in [0.717, 1.165) is 11.8 Å². The van der Waals surface area contributed by atoms with Gasteiger partial charge in [-0.2, -0.15) is 0 Å². The Morgan fingerprint density at radius 2 is 2.15 bits per heavy atom. The molecule has 0 saturated carbocycles. The molecule has 0 aliphatic rings. The fourth-order valence-electron chi connectivity index (χ4n) is 1.77. The first-order valence-electron chi connectivity index (χ1n) is 7.86. The van der Waals surface area contributed by atoms with E-state index in [0.29, 0.717) is 5.76 Å². The maximum Gasteiger partial charge on any atom is 0.343 e. The first-order valence-corrected chi connectivity index (χ1v) is 8.85. The van der Waals surface area contributed by atoms with Crippen molar-refractivity contribution in [3.8, 4) is 0 Å². The van der Waals surface area contributed by atoms with Crippen LogP contribution in [0, 0.1) is 0 Å². The zero-order valence-corrected chi connectivity index (χ0v) is 15.3. The van der Waals surface area contributed by atoms with E-state index >= 15 is 0 Å². The predicted molar refractivity (Wildman–Crippen MR) is 94.6 cm³/mol. The van der Waals surface area contributed by atoms with E-state index in [-0.39, 0.29) is 35.4 Å². The lowest BCUT2D eigenvalue weighted by atomic mass is 10.3. The largest absolute Gasteiger partial charge is 0.467 e. The molecular formula is C16H18N4O6S. The van der Waals surface area contributed by atoms with Crippen molar-refractivity contribution in [1.82, 2.24) is 15.3 Å². The van der Waals surface area contributed by atoms with Gasteiger partial charge in [-0.25, -0.2) is 14.8 Å². The molecule has 0 aliphatic heterocycles. The van der Waals surface area contributed by atoms with Crippen molar-refractivity contribution >= 4 is 35.4 Å². The highest BCUT2D eigenvalue weighted by Crippen LogP contribution is 2.17. The Hall–Kier alpha value is -3.08. The number of nitrogens with two attached hydrogens (primary N) is 1. The van der Waals surface area contributed by atoms with E-state index in [1.807, 2.05) is 0 Å². The zero-order valence-electron chi connectivity index (χ0n) is 14.5. The van der Waals surface area contributed by atoms with Gasteiger partial charge in [0.15, 0.2) is 11.8 Å². The zero-order chi connectivity index (χ0) is 19.6. The van der Waals surface area contributed by atoms with Gasteiger partial charge in [0.05, 0.1) is 25.2 Å². The van der Waals surface area contributed by atoms with Crippen LogP contribution in [0.2, 0.25) is 0 Å². The van der Waals surface area contributed by atoms with Crippen LogP contribution in [0.3, 0.4) is 0 Å². The van der Waals surface area contributed by atoms with Crippen LogP contribution < -0.4 is 11.1 Å². The van der Waals surface area contributed by atoms with Gasteiger partial charge in [0.2, 0.25) is 0 Å². The number of nitrogens with zero attached hydrogens (tertiary/aromatic N) is 2. The summed E-state index contributed by atoms with van der Waals surface area (Å²) >= 11 is 0.964. The number of anilines is 1. The van der Waals surface area contributed by atoms with Gasteiger partial charge in [0.25, 0.3) is 5.91 Å². The van der Waals surface area contributed by atoms with E-state index in [4.69, 9.17) is 19.6 Å². The average Bonchev–Trinajstić information content (AvgIpc) is 3.16. The number of thioether (sulfide) groups is 1. The molecule has 10 nitrogen and oxygen atoms in total. The summed E-state index contributed by atoms with van der Waals surface area (Å²) in [5.41, 5.74) is 5.74. The summed E-state index contributed by atoms with van der Waals surface area (Å²) in [6.07, 6.45) is 2.73. The normalized spacial score (nSPS) is 10.3. The van der Waals surface area contributed by atoms with Crippen LogP contribution in [0.25, 0.3) is 0 Å². The van der Waals surface area contributed by atoms with Gasteiger partial charge >= 0.3 is 11.9 Å². The van der Waals surface area contributed by atoms with Crippen molar-refractivity contribution in [2.24, 2.45) is 0 Å². The first kappa shape index (κ1) is 20.2. The summed E-state index contributed by atoms with van der Waals surface area (Å²) in [6, 6.07) is 3.41. The van der Waals surface area contributed by atoms with Gasteiger partial charge in [0.1, 0.15) is 17.1 Å². The Labute approximate surface area is 158 Å². The quantitative estimate of drug-likeness (QED) is 0.355. The molecule has 2 rings (SSSR count). The van der Waals surface area contributed by atoms with Crippen molar-refractivity contribution < 1.29 is 28.3 Å². The molecule has 2 aromatic rings. The lowest BCUT2D eigenvalue weighted by Crippen LogP contribution is -2.28. The van der Waals surface area contributed by atoms with E-state index in [1.54, 1.807) is 19.1 Å². The maximum absolute atomic E-state index is 11.7. The molecule has 0 unspecified atom stereocenters. The Balaban J connectivity index is 1.72. The second-order valence-corrected chi connectivity index (χ2v) is 5.92. The highest BCUT2D eigenvalue weighted by Gasteiger charge is 2.15. The molecule has 2 aromatic heterocycles. The third-order valence-corrected chi connectivity index (χ3v) is 3.85. The van der Waals surface area contributed by atoms with Crippen LogP contribution in [-0.4, -0.2) is 46.8 Å². The lowest BCUT2D eigenvalue weighted by molar-refractivity contribution is -0.146. The van der Waals surface area contributed by atoms with Crippen LogP contribution in [0.1, 0.15) is 23.0 Å². The van der Waals surface area contributed by atoms with Gasteiger partial charge in [0, 0.05) is 6.20 Å². The summed E-state index contributed by atoms with van der Waals surface area (Å²) in [5, 5.41) is 2.74. The Morgan fingerprint density at radius 3 is 2.81 bits per heavy atom. The number of aromatic nitrogens is 2. The van der Waals surface area contributed by atoms with Crippen LogP contribution in [0.4, 0.5) is 5.82 Å². The van der Waals surface area contributed by atoms with E-state index in [1.165, 1.54) is 12.5 Å². The number of hydrogen-bond donors (Lipinski definition) is 2. The average molecular weight is 394 g/mol. The Kier molecular flexibility index (Phi) is 7.62. The first-order chi connectivity index (χ1) is 13.0. The third-order valence-electron chi connectivity index (χ3n) is 3.01. The molecule has 0 bridgehead atoms. The van der Waals surface area contributed by atoms with Gasteiger partial charge in [-0.1, -0.05) is 11.8 Å². The molecular weight excluding hydrogens is 376 g/mol. The molecule has 0 aromatic carbocycles. The predicted octanol–water partition coefficient (Wildman–Crippen LogP) is 0.780. The number of carbonyl (C=O) groups excluding carboxylic acids is 3. The maximum atomic E-state index is 11.7. The smallest absolute Gasteiger partial charge is 0.343 e. The van der Waals surface area contributed by atoms with E-state index in [2.05, 4.69) is 15.3 Å². The molecule has 0 radical (unpaired) electrons. The topological polar surface area (TPSA) is 147 Å². The summed E-state index contributed by atoms with van der Waals surface area (Å²) in [7, 11) is 0. The third kappa shape index (κ3) is 6.62. The highest BCUT2D eigenvalue weighted by molar-refractivity contribution is 7.99. The standard InChI is InChI=1S/C16H18N4O6S/c1-2-24-15(23)11-7-19-16(20-14(11)17)27-9-13(22)26-8-12(21)18-6-10-4-3-5-25-10/h3-5,7H,2,6,8-9H2,1H3,(H,18,21)(H2,17,19,20). The Bertz CT molecular complexity index is 796. The number of carbonyl (C=O) groups is 3. The van der Waals surface area contributed by atoms with Gasteiger partial charge in [-0.05, 0) is 19.1 Å². The van der Waals surface area contributed by atoms with Crippen molar-refractivity contribution in [2.45, 2.75) is 18.6 Å². The lowest BCUT2D eigenvalue weighted by Gasteiger charge is -2.07. The van der Waals surface area contributed by atoms with Crippen molar-refractivity contribution in [2.75, 3.05) is 24.7 Å². The molecule has 0 saturated heterocycles. The molecule has 0 spiro atoms. The number of hydrogen-bond acceptors (Lipinski definition) is 10. The molecule has 2 heterocycles. The van der Waals surface area contributed by atoms with Gasteiger partial charge in [-0.3, -0.25) is 9.59 Å². The van der Waals surface area contributed by atoms with E-state index in [9.17, 15) is 14.4 Å². The van der Waals surface area contributed by atoms with Crippen molar-refractivity contribution in [1.29, 1.82) is 0 Å². The number of nitrogens with one attached hydrogen (secondary N) is 1. The summed E-state index contributed by atoms with van der Waals surface area (Å²) in [5.74, 6) is -1.27. The van der Waals surface area contributed by atoms with Crippen molar-refractivity contribution in [3.05, 3.63) is 35.9 Å². The fraction of sp³-hybridized carbons (Fsp3) is 0.312. The van der Waals surface area contributed by atoms with Gasteiger partial charge in [-0.15, -0.1) is 0 Å². The van der Waals surface area contributed by atoms with Crippen molar-refractivity contribution in [3.63, 3.8) is 0 Å². The fourth-order valence-corrected chi connectivity index (χ4v) is 2.40. The number of amides is 1. The molecule has 144 valence electrons. The van der Waals surface area contributed by atoms with Crippen LogP contribution >= 0.6 is 11.8 Å². The minimum atomic E-state index is -0.621. The minimum absolute atomic E-state index is 0.0448. The van der Waals surface area contributed by atoms with Gasteiger partial charge < -0.3 is 24.9 Å². The second kappa shape index (κ2) is 10.2. The highest BCUT2D eigenvalue weighted by atomic mass is 32.2. The summed E-state index contributed by atoms with van der Waals surface area (Å²) < 4.78 is 14.7. The molecule has 0 atom stereocenters. The number of furan rings is 1. The van der Waals surface area contributed by atoms with Crippen LogP contribution in [0.15, 0.2) is 34.2 Å². The minimum Gasteiger partial charge on any atom is -0.467 e. The Morgan fingerprint density at radius 1 is 1.33 bits per heavy atom. The SMILES string of the molecule is CCOC(=O)c1cnc(SCC(=O)OCC(=O)NCc2ccco2)nc1N. The summed E-state index contributed by atoms with van der Waals surface area (Å²) in [6.45, 7) is 1.67. The van der Waals surface area contributed by atoms with E-state index < -0.39 is 24.5 Å². The second-order valence-electron chi connectivity index (χ2n) is 4.98. The number of rotatable bonds is 9. The number of ether oxygens (including phenoxy) is 2. The molecule has 0 aliphatic carbocycles.